The average molecular weight is 1140 g/mol. The van der Waals surface area contributed by atoms with Crippen molar-refractivity contribution in [3.63, 3.8) is 0 Å². The van der Waals surface area contributed by atoms with Gasteiger partial charge in [0.2, 0.25) is 8.24 Å². The van der Waals surface area contributed by atoms with Crippen molar-refractivity contribution in [3.8, 4) is 0 Å². The molecule has 2 atom stereocenters. The van der Waals surface area contributed by atoms with E-state index in [4.69, 9.17) is 0 Å². The van der Waals surface area contributed by atoms with Gasteiger partial charge < -0.3 is 8.47 Å². The van der Waals surface area contributed by atoms with E-state index in [0.29, 0.717) is 0 Å². The third kappa shape index (κ3) is 13.5. The van der Waals surface area contributed by atoms with Crippen LogP contribution in [0.15, 0.2) is 170 Å². The Hall–Kier alpha value is -5.21. The van der Waals surface area contributed by atoms with Crippen molar-refractivity contribution >= 4 is 94.1 Å². The van der Waals surface area contributed by atoms with Crippen LogP contribution in [0.5, 0.6) is 0 Å². The van der Waals surface area contributed by atoms with Gasteiger partial charge in [0, 0.05) is 43.6 Å². The number of nitrogens with zero attached hydrogens (tertiary/aromatic N) is 2. The van der Waals surface area contributed by atoms with Gasteiger partial charge in [-0.15, -0.1) is 0 Å². The second kappa shape index (κ2) is 30.6. The molecular formula is C77H104N2Si3. The SMILES string of the molecule is CCCCCCC[Si](CCCCCCC)(c1ccc([Si](CCCCCC)(CCCCCCC)n2c3ccccc3c3cc(C)ccc32)cc1)c1ccc([Si](CCCCCCC)(c2ccccc2)n2c3ccccc3c3ccccc32)cc1. The van der Waals surface area contributed by atoms with Gasteiger partial charge in [0.05, 0.1) is 0 Å². The molecule has 5 heteroatoms. The number of aryl methyl sites for hydroxylation is 1. The number of unbranched alkanes of at least 4 members (excludes halogenated alkanes) is 19. The molecule has 2 aromatic heterocycles. The van der Waals surface area contributed by atoms with Crippen LogP contribution >= 0.6 is 0 Å². The van der Waals surface area contributed by atoms with Crippen LogP contribution in [-0.2, 0) is 0 Å². The van der Waals surface area contributed by atoms with Crippen molar-refractivity contribution < 1.29 is 0 Å². The minimum atomic E-state index is -2.70. The van der Waals surface area contributed by atoms with Crippen molar-refractivity contribution in [1.82, 2.24) is 8.47 Å². The topological polar surface area (TPSA) is 9.86 Å². The minimum Gasteiger partial charge on any atom is -0.363 e. The summed E-state index contributed by atoms with van der Waals surface area (Å²) in [5.74, 6) is 0. The van der Waals surface area contributed by atoms with Crippen LogP contribution in [-0.4, -0.2) is 33.0 Å². The molecule has 0 aliphatic heterocycles. The number of para-hydroxylation sites is 3. The highest BCUT2D eigenvalue weighted by Gasteiger charge is 2.44. The second-order valence-electron chi connectivity index (χ2n) is 25.2. The van der Waals surface area contributed by atoms with Gasteiger partial charge in [-0.3, -0.25) is 0 Å². The molecule has 82 heavy (non-hydrogen) atoms. The van der Waals surface area contributed by atoms with Crippen molar-refractivity contribution in [2.45, 2.75) is 226 Å². The molecule has 7 aromatic carbocycles. The number of rotatable bonds is 36. The first kappa shape index (κ1) is 61.4. The van der Waals surface area contributed by atoms with Gasteiger partial charge in [-0.1, -0.05) is 344 Å². The van der Waals surface area contributed by atoms with E-state index in [2.05, 4.69) is 220 Å². The Morgan fingerprint density at radius 3 is 1.09 bits per heavy atom. The Balaban J connectivity index is 1.24. The molecule has 0 bridgehead atoms. The van der Waals surface area contributed by atoms with Crippen LogP contribution in [0.25, 0.3) is 43.6 Å². The summed E-state index contributed by atoms with van der Waals surface area (Å²) in [4.78, 5) is 0. The lowest BCUT2D eigenvalue weighted by atomic mass is 10.1. The standard InChI is InChI=1S/C77H104N2Si3/c1-7-12-17-22-35-58-80(59-36-23-18-13-8-2,65-49-53-67(54-50-65)81(60-37-21-16-11-5,61-38-24-19-14-9-3)78-74-45-32-31-44-72(74)73-63-64(6)48-57-77(73)78)66-51-55-69(56-52-66)82(62-39-25-20-15-10-4,68-40-27-26-28-41-68)79-75-46-33-29-42-70(75)71-43-30-34-47-76(71)79/h26-34,40-57,63H,7-25,35-39,58-62H2,1-6H3. The Kier molecular flexibility index (Phi) is 22.9. The first-order chi connectivity index (χ1) is 40.4. The largest absolute Gasteiger partial charge is 0.363 e. The second-order valence-corrected chi connectivity index (χ2v) is 37.4. The maximum absolute atomic E-state index is 3.02. The molecule has 0 aliphatic rings. The molecule has 2 nitrogen and oxygen atoms in total. The van der Waals surface area contributed by atoms with Gasteiger partial charge in [-0.25, -0.2) is 0 Å². The Labute approximate surface area is 500 Å². The van der Waals surface area contributed by atoms with E-state index in [1.807, 2.05) is 0 Å². The average Bonchev–Trinajstić information content (AvgIpc) is 4.13. The highest BCUT2D eigenvalue weighted by molar-refractivity contribution is 7.03. The summed E-state index contributed by atoms with van der Waals surface area (Å²) in [6, 6.07) is 75.9. The van der Waals surface area contributed by atoms with Crippen LogP contribution < -0.4 is 25.9 Å². The molecule has 0 saturated heterocycles. The zero-order chi connectivity index (χ0) is 57.0. The number of benzene rings is 7. The lowest BCUT2D eigenvalue weighted by Crippen LogP contribution is -2.65. The van der Waals surface area contributed by atoms with E-state index in [1.165, 1.54) is 239 Å². The molecular weight excluding hydrogens is 1040 g/mol. The first-order valence-corrected chi connectivity index (χ1v) is 40.6. The Bertz CT molecular complexity index is 3270. The first-order valence-electron chi connectivity index (χ1n) is 33.7. The molecule has 0 spiro atoms. The van der Waals surface area contributed by atoms with E-state index in [0.717, 1.165) is 0 Å². The van der Waals surface area contributed by atoms with Crippen LogP contribution in [0.1, 0.15) is 194 Å². The summed E-state index contributed by atoms with van der Waals surface area (Å²) in [5.41, 5.74) is 7.06. The molecule has 0 radical (unpaired) electrons. The fraction of sp³-hybridized carbons (Fsp3) is 0.455. The van der Waals surface area contributed by atoms with Crippen molar-refractivity contribution in [2.75, 3.05) is 0 Å². The molecule has 434 valence electrons. The summed E-state index contributed by atoms with van der Waals surface area (Å²) < 4.78 is 5.94. The third-order valence-corrected chi connectivity index (χ3v) is 34.9. The molecule has 2 heterocycles. The summed E-state index contributed by atoms with van der Waals surface area (Å²) in [6.45, 7) is 14.1. The third-order valence-electron chi connectivity index (χ3n) is 19.6. The van der Waals surface area contributed by atoms with Gasteiger partial charge in [-0.05, 0) is 83.0 Å². The smallest absolute Gasteiger partial charge is 0.225 e. The molecule has 9 rings (SSSR count). The number of hydrogen-bond donors (Lipinski definition) is 0. The van der Waals surface area contributed by atoms with E-state index in [-0.39, 0.29) is 0 Å². The summed E-state index contributed by atoms with van der Waals surface area (Å²) in [7, 11) is -7.43. The summed E-state index contributed by atoms with van der Waals surface area (Å²) >= 11 is 0. The van der Waals surface area contributed by atoms with E-state index in [1.54, 1.807) is 20.7 Å². The Morgan fingerprint density at radius 1 is 0.268 bits per heavy atom. The highest BCUT2D eigenvalue weighted by Crippen LogP contribution is 2.38. The molecule has 2 unspecified atom stereocenters. The van der Waals surface area contributed by atoms with Crippen molar-refractivity contribution in [2.24, 2.45) is 0 Å². The molecule has 0 N–H and O–H groups in total. The molecule has 9 aromatic rings. The maximum atomic E-state index is 3.02. The molecule has 0 fully saturated rings. The fourth-order valence-electron chi connectivity index (χ4n) is 15.1. The van der Waals surface area contributed by atoms with Crippen LogP contribution in [0.3, 0.4) is 0 Å². The zero-order valence-corrected chi connectivity index (χ0v) is 55.1. The number of hydrogen-bond acceptors (Lipinski definition) is 0. The van der Waals surface area contributed by atoms with Crippen LogP contribution in [0.4, 0.5) is 0 Å². The number of fused-ring (bicyclic) bond motifs is 6. The fourth-order valence-corrected chi connectivity index (χ4v) is 30.6. The quantitative estimate of drug-likeness (QED) is 0.0274. The molecule has 0 saturated carbocycles. The van der Waals surface area contributed by atoms with Crippen LogP contribution in [0, 0.1) is 6.92 Å². The lowest BCUT2D eigenvalue weighted by molar-refractivity contribution is 0.644. The lowest BCUT2D eigenvalue weighted by Gasteiger charge is -2.38. The monoisotopic (exact) mass is 1140 g/mol. The van der Waals surface area contributed by atoms with Gasteiger partial charge in [-0.2, -0.15) is 0 Å². The minimum absolute atomic E-state index is 1.19. The number of aromatic nitrogens is 2. The van der Waals surface area contributed by atoms with E-state index < -0.39 is 24.5 Å². The zero-order valence-electron chi connectivity index (χ0n) is 52.1. The highest BCUT2D eigenvalue weighted by atomic mass is 28.3. The maximum Gasteiger partial charge on any atom is 0.225 e. The van der Waals surface area contributed by atoms with Crippen molar-refractivity contribution in [3.05, 3.63) is 175 Å². The molecule has 0 amide bonds. The normalized spacial score (nSPS) is 13.6. The van der Waals surface area contributed by atoms with Gasteiger partial charge in [0.1, 0.15) is 8.07 Å². The van der Waals surface area contributed by atoms with Crippen molar-refractivity contribution in [1.29, 1.82) is 0 Å². The van der Waals surface area contributed by atoms with E-state index in [9.17, 15) is 0 Å². The Morgan fingerprint density at radius 2 is 0.610 bits per heavy atom. The predicted molar refractivity (Wildman–Crippen MR) is 372 cm³/mol. The molecule has 0 aliphatic carbocycles. The van der Waals surface area contributed by atoms with Crippen LogP contribution in [0.2, 0.25) is 30.2 Å². The van der Waals surface area contributed by atoms with Gasteiger partial charge in [0.25, 0.3) is 0 Å². The summed E-state index contributed by atoms with van der Waals surface area (Å²) in [6.07, 6.45) is 31.5. The van der Waals surface area contributed by atoms with E-state index >= 15 is 0 Å². The van der Waals surface area contributed by atoms with Gasteiger partial charge >= 0.3 is 0 Å². The summed E-state index contributed by atoms with van der Waals surface area (Å²) in [5, 5.41) is 13.8. The predicted octanol–water partition coefficient (Wildman–Crippen LogP) is 20.5. The van der Waals surface area contributed by atoms with Gasteiger partial charge in [0.15, 0.2) is 8.24 Å².